The van der Waals surface area contributed by atoms with Crippen LogP contribution in [0.2, 0.25) is 5.02 Å². The fourth-order valence-corrected chi connectivity index (χ4v) is 3.84. The maximum Gasteiger partial charge on any atom is 0.332 e. The summed E-state index contributed by atoms with van der Waals surface area (Å²) in [6.45, 7) is 0.357. The van der Waals surface area contributed by atoms with E-state index < -0.39 is 11.2 Å². The highest BCUT2D eigenvalue weighted by molar-refractivity contribution is 6.30. The van der Waals surface area contributed by atoms with Crippen LogP contribution in [0.5, 0.6) is 0 Å². The zero-order chi connectivity index (χ0) is 25.1. The molecule has 10 nitrogen and oxygen atoms in total. The smallest absolute Gasteiger partial charge is 0.325 e. The predicted octanol–water partition coefficient (Wildman–Crippen LogP) is 2.76. The number of carbonyl (C=O) groups excluding carboxylic acids is 2. The third-order valence-electron chi connectivity index (χ3n) is 5.57. The number of para-hydroxylation sites is 1. The Hall–Kier alpha value is -4.18. The SMILES string of the molecule is Cn1c(=O)c2c(ncn2CCCC(=O)Nc2ccccc2C(=O)Nc2ccc(Cl)cc2)n(C)c1=O. The maximum absolute atomic E-state index is 12.7. The molecule has 0 spiro atoms. The molecule has 2 amide bonds. The van der Waals surface area contributed by atoms with Crippen LogP contribution in [0.4, 0.5) is 11.4 Å². The number of amides is 2. The van der Waals surface area contributed by atoms with Gasteiger partial charge in [0.15, 0.2) is 11.2 Å². The molecule has 0 saturated carbocycles. The van der Waals surface area contributed by atoms with Crippen molar-refractivity contribution in [3.8, 4) is 0 Å². The molecule has 180 valence electrons. The Morgan fingerprint density at radius 3 is 2.43 bits per heavy atom. The molecule has 0 aliphatic rings. The molecule has 0 aliphatic heterocycles. The molecule has 2 heterocycles. The van der Waals surface area contributed by atoms with Crippen molar-refractivity contribution in [1.29, 1.82) is 0 Å². The van der Waals surface area contributed by atoms with Crippen LogP contribution in [-0.4, -0.2) is 30.5 Å². The summed E-state index contributed by atoms with van der Waals surface area (Å²) in [6.07, 6.45) is 2.06. The molecule has 0 aliphatic carbocycles. The van der Waals surface area contributed by atoms with Gasteiger partial charge in [-0.2, -0.15) is 0 Å². The fourth-order valence-electron chi connectivity index (χ4n) is 3.71. The quantitative estimate of drug-likeness (QED) is 0.409. The van der Waals surface area contributed by atoms with Gasteiger partial charge in [0.2, 0.25) is 5.91 Å². The van der Waals surface area contributed by atoms with Crippen LogP contribution in [0.3, 0.4) is 0 Å². The number of imidazole rings is 1. The Labute approximate surface area is 204 Å². The molecule has 35 heavy (non-hydrogen) atoms. The van der Waals surface area contributed by atoms with Gasteiger partial charge in [-0.25, -0.2) is 9.78 Å². The second kappa shape index (κ2) is 9.98. The Morgan fingerprint density at radius 1 is 0.971 bits per heavy atom. The van der Waals surface area contributed by atoms with E-state index in [1.807, 2.05) is 0 Å². The largest absolute Gasteiger partial charge is 0.332 e. The van der Waals surface area contributed by atoms with Gasteiger partial charge in [-0.1, -0.05) is 23.7 Å². The molecule has 0 atom stereocenters. The number of anilines is 2. The highest BCUT2D eigenvalue weighted by Gasteiger charge is 2.16. The van der Waals surface area contributed by atoms with Gasteiger partial charge in [0.1, 0.15) is 0 Å². The van der Waals surface area contributed by atoms with Gasteiger partial charge in [0.25, 0.3) is 11.5 Å². The fraction of sp³-hybridized carbons (Fsp3) is 0.208. The topological polar surface area (TPSA) is 120 Å². The molecule has 0 fully saturated rings. The number of hydrogen-bond acceptors (Lipinski definition) is 5. The number of rotatable bonds is 7. The summed E-state index contributed by atoms with van der Waals surface area (Å²) >= 11 is 5.88. The average Bonchev–Trinajstić information content (AvgIpc) is 3.27. The maximum atomic E-state index is 12.7. The number of nitrogens with zero attached hydrogens (tertiary/aromatic N) is 4. The second-order valence-corrected chi connectivity index (χ2v) is 8.41. The third-order valence-corrected chi connectivity index (χ3v) is 5.82. The van der Waals surface area contributed by atoms with E-state index in [9.17, 15) is 19.2 Å². The van der Waals surface area contributed by atoms with Crippen LogP contribution < -0.4 is 21.9 Å². The molecule has 4 aromatic rings. The molecule has 11 heteroatoms. The second-order valence-electron chi connectivity index (χ2n) is 7.97. The van der Waals surface area contributed by atoms with Crippen LogP contribution in [0.15, 0.2) is 64.4 Å². The molecular formula is C24H23ClN6O4. The normalized spacial score (nSPS) is 10.9. The van der Waals surface area contributed by atoms with E-state index in [0.717, 1.165) is 4.57 Å². The molecule has 2 aromatic carbocycles. The Morgan fingerprint density at radius 2 is 1.69 bits per heavy atom. The van der Waals surface area contributed by atoms with Gasteiger partial charge in [-0.05, 0) is 42.8 Å². The number of hydrogen-bond donors (Lipinski definition) is 2. The Kier molecular flexibility index (Phi) is 6.83. The highest BCUT2D eigenvalue weighted by Crippen LogP contribution is 2.19. The number of nitrogens with one attached hydrogen (secondary N) is 2. The molecule has 0 bridgehead atoms. The number of halogens is 1. The van der Waals surface area contributed by atoms with Crippen molar-refractivity contribution in [2.24, 2.45) is 14.1 Å². The van der Waals surface area contributed by atoms with Crippen LogP contribution in [0.1, 0.15) is 23.2 Å². The zero-order valence-corrected chi connectivity index (χ0v) is 19.9. The number of aryl methyl sites for hydroxylation is 2. The monoisotopic (exact) mass is 494 g/mol. The van der Waals surface area contributed by atoms with Crippen molar-refractivity contribution in [2.45, 2.75) is 19.4 Å². The Balaban J connectivity index is 1.41. The lowest BCUT2D eigenvalue weighted by Gasteiger charge is -2.12. The van der Waals surface area contributed by atoms with E-state index >= 15 is 0 Å². The van der Waals surface area contributed by atoms with Crippen molar-refractivity contribution in [2.75, 3.05) is 10.6 Å². The summed E-state index contributed by atoms with van der Waals surface area (Å²) in [5.41, 5.74) is 0.998. The molecule has 2 N–H and O–H groups in total. The first-order valence-corrected chi connectivity index (χ1v) is 11.2. The van der Waals surface area contributed by atoms with Crippen LogP contribution in [0.25, 0.3) is 11.2 Å². The molecule has 4 rings (SSSR count). The Bertz CT molecular complexity index is 1530. The summed E-state index contributed by atoms with van der Waals surface area (Å²) in [7, 11) is 2.96. The number of carbonyl (C=O) groups is 2. The predicted molar refractivity (Wildman–Crippen MR) is 134 cm³/mol. The molecule has 2 aromatic heterocycles. The number of fused-ring (bicyclic) bond motifs is 1. The summed E-state index contributed by atoms with van der Waals surface area (Å²) in [5.74, 6) is -0.643. The first kappa shape index (κ1) is 24.0. The highest BCUT2D eigenvalue weighted by atomic mass is 35.5. The molecular weight excluding hydrogens is 472 g/mol. The molecule has 0 unspecified atom stereocenters. The summed E-state index contributed by atoms with van der Waals surface area (Å²) in [5, 5.41) is 6.12. The molecule has 0 saturated heterocycles. The lowest BCUT2D eigenvalue weighted by Crippen LogP contribution is -2.37. The van der Waals surface area contributed by atoms with E-state index in [1.54, 1.807) is 60.1 Å². The van der Waals surface area contributed by atoms with E-state index in [1.165, 1.54) is 17.9 Å². The summed E-state index contributed by atoms with van der Waals surface area (Å²) < 4.78 is 3.98. The van der Waals surface area contributed by atoms with Gasteiger partial charge in [-0.3, -0.25) is 23.5 Å². The third kappa shape index (κ3) is 5.02. The van der Waals surface area contributed by atoms with Crippen molar-refractivity contribution < 1.29 is 9.59 Å². The first-order chi connectivity index (χ1) is 16.8. The van der Waals surface area contributed by atoms with Crippen molar-refractivity contribution in [3.05, 3.63) is 86.3 Å². The summed E-state index contributed by atoms with van der Waals surface area (Å²) in [4.78, 5) is 54.1. The van der Waals surface area contributed by atoms with E-state index in [2.05, 4.69) is 15.6 Å². The van der Waals surface area contributed by atoms with Gasteiger partial charge < -0.3 is 15.2 Å². The summed E-state index contributed by atoms with van der Waals surface area (Å²) in [6, 6.07) is 13.4. The lowest BCUT2D eigenvalue weighted by molar-refractivity contribution is -0.116. The minimum absolute atomic E-state index is 0.152. The van der Waals surface area contributed by atoms with Gasteiger partial charge in [-0.15, -0.1) is 0 Å². The number of aromatic nitrogens is 4. The van der Waals surface area contributed by atoms with Crippen molar-refractivity contribution >= 4 is 46.0 Å². The van der Waals surface area contributed by atoms with E-state index in [0.29, 0.717) is 46.1 Å². The van der Waals surface area contributed by atoms with Crippen molar-refractivity contribution in [1.82, 2.24) is 18.7 Å². The van der Waals surface area contributed by atoms with Gasteiger partial charge in [0, 0.05) is 37.8 Å². The van der Waals surface area contributed by atoms with E-state index in [4.69, 9.17) is 11.6 Å². The van der Waals surface area contributed by atoms with Gasteiger partial charge >= 0.3 is 5.69 Å². The minimum atomic E-state index is -0.453. The van der Waals surface area contributed by atoms with Crippen LogP contribution in [0, 0.1) is 0 Å². The molecule has 0 radical (unpaired) electrons. The minimum Gasteiger partial charge on any atom is -0.325 e. The van der Waals surface area contributed by atoms with E-state index in [-0.39, 0.29) is 18.2 Å². The lowest BCUT2D eigenvalue weighted by atomic mass is 10.1. The zero-order valence-electron chi connectivity index (χ0n) is 19.1. The van der Waals surface area contributed by atoms with Crippen LogP contribution in [-0.2, 0) is 25.4 Å². The standard InChI is InChI=1S/C24H23ClN6O4/c1-29-21-20(23(34)30(2)24(29)35)31(14-26-21)13-5-8-19(32)28-18-7-4-3-6-17(18)22(33)27-16-11-9-15(25)10-12-16/h3-4,6-7,9-12,14H,5,8,13H2,1-2H3,(H,27,33)(H,28,32). The first-order valence-electron chi connectivity index (χ1n) is 10.8. The number of benzene rings is 2. The van der Waals surface area contributed by atoms with Crippen molar-refractivity contribution in [3.63, 3.8) is 0 Å². The van der Waals surface area contributed by atoms with Crippen LogP contribution >= 0.6 is 11.6 Å². The average molecular weight is 495 g/mol. The van der Waals surface area contributed by atoms with Gasteiger partial charge in [0.05, 0.1) is 17.6 Å².